The van der Waals surface area contributed by atoms with E-state index < -0.39 is 31.3 Å². The lowest BCUT2D eigenvalue weighted by Gasteiger charge is -2.19. The number of aliphatic hydroxyl groups is 2. The van der Waals surface area contributed by atoms with E-state index in [9.17, 15) is 4.79 Å². The molecule has 12 heavy (non-hydrogen) atoms. The van der Waals surface area contributed by atoms with Crippen molar-refractivity contribution in [2.24, 2.45) is 0 Å². The maximum Gasteiger partial charge on any atom is 0.269 e. The Labute approximate surface area is 68.0 Å². The van der Waals surface area contributed by atoms with Crippen molar-refractivity contribution in [1.29, 1.82) is 0 Å². The number of carbonyl (C=O) groups is 1. The van der Waals surface area contributed by atoms with Crippen LogP contribution < -0.4 is 0 Å². The van der Waals surface area contributed by atoms with Crippen molar-refractivity contribution >= 4 is 5.91 Å². The molecule has 7 heteroatoms. The largest absolute Gasteiger partial charge is 0.394 e. The summed E-state index contributed by atoms with van der Waals surface area (Å²) in [6.07, 6.45) is -1.19. The van der Waals surface area contributed by atoms with Gasteiger partial charge in [0.05, 0.1) is 13.2 Å². The predicted molar refractivity (Wildman–Crippen MR) is 34.0 cm³/mol. The summed E-state index contributed by atoms with van der Waals surface area (Å²) < 4.78 is 0. The van der Waals surface area contributed by atoms with E-state index in [4.69, 9.17) is 20.6 Å². The van der Waals surface area contributed by atoms with Gasteiger partial charge in [-0.15, -0.1) is 5.06 Å². The Morgan fingerprint density at radius 1 is 1.25 bits per heavy atom. The highest BCUT2D eigenvalue weighted by molar-refractivity contribution is 5.83. The first kappa shape index (κ1) is 9.36. The molecule has 0 bridgehead atoms. The molecule has 1 heterocycles. The molecule has 0 aliphatic carbocycles. The summed E-state index contributed by atoms with van der Waals surface area (Å²) in [5.41, 5.74) is 0. The minimum absolute atomic E-state index is 0.195. The third-order valence-corrected chi connectivity index (χ3v) is 1.75. The summed E-state index contributed by atoms with van der Waals surface area (Å²) in [4.78, 5) is 10.9. The minimum atomic E-state index is -1.19. The van der Waals surface area contributed by atoms with E-state index >= 15 is 0 Å². The zero-order valence-electron chi connectivity index (χ0n) is 6.16. The Bertz CT molecular complexity index is 187. The average Bonchev–Trinajstić information content (AvgIpc) is 2.25. The molecule has 1 rings (SSSR count). The van der Waals surface area contributed by atoms with Gasteiger partial charge in [-0.1, -0.05) is 0 Å². The zero-order valence-corrected chi connectivity index (χ0v) is 6.16. The number of aliphatic hydroxyl groups excluding tert-OH is 2. The van der Waals surface area contributed by atoms with Crippen LogP contribution in [0.3, 0.4) is 0 Å². The van der Waals surface area contributed by atoms with Crippen molar-refractivity contribution in [2.45, 2.75) is 12.2 Å². The fraction of sp³-hybridized carbons (Fsp3) is 0.800. The molecular weight excluding hydrogens is 168 g/mol. The van der Waals surface area contributed by atoms with Gasteiger partial charge >= 0.3 is 0 Å². The normalized spacial score (nSPS) is 31.7. The first-order chi connectivity index (χ1) is 5.63. The molecular formula is C5H10N2O5. The van der Waals surface area contributed by atoms with Gasteiger partial charge in [0, 0.05) is 0 Å². The lowest BCUT2D eigenvalue weighted by Crippen LogP contribution is -2.40. The number of hydroxylamine groups is 4. The standard InChI is InChI=1S/C5H10N2O5/c8-1-3-5(10)7(12)4(2-9)6(3)11/h3-4,8-9,11-12H,1-2H2. The smallest absolute Gasteiger partial charge is 0.269 e. The van der Waals surface area contributed by atoms with Gasteiger partial charge in [0.15, 0.2) is 6.17 Å². The van der Waals surface area contributed by atoms with E-state index in [0.29, 0.717) is 5.06 Å². The van der Waals surface area contributed by atoms with Crippen LogP contribution in [0.25, 0.3) is 0 Å². The van der Waals surface area contributed by atoms with Crippen LogP contribution in [0.2, 0.25) is 0 Å². The third kappa shape index (κ3) is 1.17. The Morgan fingerprint density at radius 2 is 1.83 bits per heavy atom. The molecule has 4 N–H and O–H groups in total. The van der Waals surface area contributed by atoms with E-state index in [-0.39, 0.29) is 5.06 Å². The van der Waals surface area contributed by atoms with Crippen LogP contribution in [-0.2, 0) is 4.79 Å². The summed E-state index contributed by atoms with van der Waals surface area (Å²) in [5, 5.41) is 35.8. The minimum Gasteiger partial charge on any atom is -0.394 e. The first-order valence-electron chi connectivity index (χ1n) is 3.34. The summed E-state index contributed by atoms with van der Waals surface area (Å²) in [5.74, 6) is -0.834. The number of hydrogen-bond acceptors (Lipinski definition) is 6. The fourth-order valence-electron chi connectivity index (χ4n) is 1.06. The maximum atomic E-state index is 10.9. The number of hydrogen-bond donors (Lipinski definition) is 4. The molecule has 1 amide bonds. The van der Waals surface area contributed by atoms with Crippen molar-refractivity contribution in [1.82, 2.24) is 10.1 Å². The SMILES string of the molecule is O=C1C(CO)N(O)C(CO)N1O. The van der Waals surface area contributed by atoms with E-state index in [0.717, 1.165) is 0 Å². The van der Waals surface area contributed by atoms with E-state index in [2.05, 4.69) is 0 Å². The van der Waals surface area contributed by atoms with Gasteiger partial charge in [-0.2, -0.15) is 0 Å². The third-order valence-electron chi connectivity index (χ3n) is 1.75. The molecule has 0 radical (unpaired) electrons. The molecule has 2 atom stereocenters. The van der Waals surface area contributed by atoms with Gasteiger partial charge in [0.1, 0.15) is 6.04 Å². The van der Waals surface area contributed by atoms with Gasteiger partial charge in [-0.05, 0) is 0 Å². The highest BCUT2D eigenvalue weighted by Crippen LogP contribution is 2.16. The molecule has 0 aromatic heterocycles. The van der Waals surface area contributed by atoms with Crippen LogP contribution in [-0.4, -0.2) is 62.1 Å². The Balaban J connectivity index is 2.78. The Morgan fingerprint density at radius 3 is 2.08 bits per heavy atom. The summed E-state index contributed by atoms with van der Waals surface area (Å²) in [7, 11) is 0. The second-order valence-corrected chi connectivity index (χ2v) is 2.42. The quantitative estimate of drug-likeness (QED) is 0.351. The van der Waals surface area contributed by atoms with Crippen LogP contribution in [0.1, 0.15) is 0 Å². The van der Waals surface area contributed by atoms with Crippen molar-refractivity contribution in [2.75, 3.05) is 13.2 Å². The molecule has 70 valence electrons. The van der Waals surface area contributed by atoms with Crippen LogP contribution in [0.4, 0.5) is 0 Å². The summed E-state index contributed by atoms with van der Waals surface area (Å²) >= 11 is 0. The second-order valence-electron chi connectivity index (χ2n) is 2.42. The predicted octanol–water partition coefficient (Wildman–Crippen LogP) is -2.41. The Kier molecular flexibility index (Phi) is 2.60. The number of nitrogens with zero attached hydrogens (tertiary/aromatic N) is 2. The van der Waals surface area contributed by atoms with E-state index in [1.165, 1.54) is 0 Å². The molecule has 1 fully saturated rings. The second kappa shape index (κ2) is 3.33. The summed E-state index contributed by atoms with van der Waals surface area (Å²) in [6, 6.07) is -1.19. The topological polar surface area (TPSA) is 104 Å². The molecule has 1 saturated heterocycles. The van der Waals surface area contributed by atoms with Crippen LogP contribution >= 0.6 is 0 Å². The van der Waals surface area contributed by atoms with Gasteiger partial charge in [-0.3, -0.25) is 10.0 Å². The highest BCUT2D eigenvalue weighted by atomic mass is 16.6. The van der Waals surface area contributed by atoms with Gasteiger partial charge in [-0.25, -0.2) is 5.06 Å². The van der Waals surface area contributed by atoms with Crippen LogP contribution in [0, 0.1) is 0 Å². The van der Waals surface area contributed by atoms with E-state index in [1.54, 1.807) is 0 Å². The molecule has 2 unspecified atom stereocenters. The molecule has 1 aliphatic heterocycles. The average molecular weight is 178 g/mol. The molecule has 7 nitrogen and oxygen atoms in total. The summed E-state index contributed by atoms with van der Waals surface area (Å²) in [6.45, 7) is -1.21. The monoisotopic (exact) mass is 178 g/mol. The molecule has 0 saturated carbocycles. The molecule has 0 aromatic carbocycles. The van der Waals surface area contributed by atoms with Crippen molar-refractivity contribution < 1.29 is 25.4 Å². The van der Waals surface area contributed by atoms with Crippen LogP contribution in [0.5, 0.6) is 0 Å². The molecule has 1 aliphatic rings. The fourth-order valence-corrected chi connectivity index (χ4v) is 1.06. The Hall–Kier alpha value is -0.730. The lowest BCUT2D eigenvalue weighted by molar-refractivity contribution is -0.215. The van der Waals surface area contributed by atoms with Crippen molar-refractivity contribution in [3.05, 3.63) is 0 Å². The van der Waals surface area contributed by atoms with Gasteiger partial charge < -0.3 is 15.4 Å². The highest BCUT2D eigenvalue weighted by Gasteiger charge is 2.44. The number of carbonyl (C=O) groups excluding carboxylic acids is 1. The number of rotatable bonds is 2. The van der Waals surface area contributed by atoms with E-state index in [1.807, 2.05) is 0 Å². The molecule has 0 aromatic rings. The molecule has 0 spiro atoms. The van der Waals surface area contributed by atoms with Crippen molar-refractivity contribution in [3.63, 3.8) is 0 Å². The van der Waals surface area contributed by atoms with Crippen LogP contribution in [0.15, 0.2) is 0 Å². The zero-order chi connectivity index (χ0) is 9.30. The maximum absolute atomic E-state index is 10.9. The first-order valence-corrected chi connectivity index (χ1v) is 3.34. The van der Waals surface area contributed by atoms with Gasteiger partial charge in [0.25, 0.3) is 5.91 Å². The number of amides is 1. The lowest BCUT2D eigenvalue weighted by atomic mass is 10.3. The van der Waals surface area contributed by atoms with Gasteiger partial charge in [0.2, 0.25) is 0 Å². The van der Waals surface area contributed by atoms with Crippen molar-refractivity contribution in [3.8, 4) is 0 Å².